The molecule has 0 fully saturated rings. The average Bonchev–Trinajstić information content (AvgIpc) is 2.97. The van der Waals surface area contributed by atoms with Gasteiger partial charge in [0.2, 0.25) is 0 Å². The molecule has 0 spiro atoms. The molecule has 0 aliphatic rings. The molecule has 0 unspecified atom stereocenters. The number of hydrogen-bond acceptors (Lipinski definition) is 3. The molecule has 0 saturated heterocycles. The van der Waals surface area contributed by atoms with E-state index in [1.54, 1.807) is 12.1 Å². The minimum atomic E-state index is -0.503. The van der Waals surface area contributed by atoms with E-state index in [4.69, 9.17) is 11.6 Å². The van der Waals surface area contributed by atoms with Gasteiger partial charge in [-0.15, -0.1) is 0 Å². The Morgan fingerprint density at radius 2 is 1.77 bits per heavy atom. The summed E-state index contributed by atoms with van der Waals surface area (Å²) in [6.07, 6.45) is 1.44. The first-order chi connectivity index (χ1) is 12.6. The number of phenolic OH excluding ortho intramolecular Hbond substituents is 1. The van der Waals surface area contributed by atoms with Crippen molar-refractivity contribution < 1.29 is 9.90 Å². The van der Waals surface area contributed by atoms with Gasteiger partial charge in [0, 0.05) is 10.9 Å². The third-order valence-electron chi connectivity index (χ3n) is 4.14. The van der Waals surface area contributed by atoms with Gasteiger partial charge in [0.25, 0.3) is 5.91 Å². The monoisotopic (exact) mass is 363 g/mol. The molecule has 1 amide bonds. The van der Waals surface area contributed by atoms with Crippen LogP contribution in [0.3, 0.4) is 0 Å². The SMILES string of the molecule is O=C(N/N=C\c1[nH]c2ccccc2c1Cl)c1cc2ccccc2cc1O. The molecule has 0 radical (unpaired) electrons. The zero-order valence-electron chi connectivity index (χ0n) is 13.5. The van der Waals surface area contributed by atoms with Crippen molar-refractivity contribution in [1.29, 1.82) is 0 Å². The van der Waals surface area contributed by atoms with Gasteiger partial charge >= 0.3 is 0 Å². The number of nitrogens with one attached hydrogen (secondary N) is 2. The molecule has 1 aromatic heterocycles. The van der Waals surface area contributed by atoms with Crippen molar-refractivity contribution in [3.63, 3.8) is 0 Å². The summed E-state index contributed by atoms with van der Waals surface area (Å²) in [4.78, 5) is 15.5. The minimum absolute atomic E-state index is 0.0972. The number of fused-ring (bicyclic) bond motifs is 2. The van der Waals surface area contributed by atoms with E-state index >= 15 is 0 Å². The van der Waals surface area contributed by atoms with E-state index in [9.17, 15) is 9.90 Å². The number of hydrazone groups is 1. The average molecular weight is 364 g/mol. The van der Waals surface area contributed by atoms with E-state index in [1.807, 2.05) is 48.5 Å². The van der Waals surface area contributed by atoms with Gasteiger partial charge in [-0.3, -0.25) is 4.79 Å². The number of phenols is 1. The fourth-order valence-electron chi connectivity index (χ4n) is 2.84. The number of rotatable bonds is 3. The normalized spacial score (nSPS) is 11.4. The molecule has 3 aromatic carbocycles. The molecular formula is C20H14ClN3O2. The predicted molar refractivity (Wildman–Crippen MR) is 104 cm³/mol. The zero-order valence-corrected chi connectivity index (χ0v) is 14.3. The molecule has 0 aliphatic carbocycles. The number of aromatic hydroxyl groups is 1. The molecule has 0 bridgehead atoms. The van der Waals surface area contributed by atoms with Crippen LogP contribution in [0.2, 0.25) is 5.02 Å². The molecule has 5 nitrogen and oxygen atoms in total. The standard InChI is InChI=1S/C20H14ClN3O2/c21-19-14-7-3-4-8-16(14)23-17(19)11-22-24-20(26)15-9-12-5-1-2-6-13(12)10-18(15)25/h1-11,23,25H,(H,24,26)/b22-11-. The van der Waals surface area contributed by atoms with Crippen molar-refractivity contribution >= 4 is 45.4 Å². The van der Waals surface area contributed by atoms with Crippen LogP contribution >= 0.6 is 11.6 Å². The number of carbonyl (C=O) groups is 1. The first kappa shape index (κ1) is 16.2. The third-order valence-corrected chi connectivity index (χ3v) is 4.54. The first-order valence-corrected chi connectivity index (χ1v) is 8.32. The lowest BCUT2D eigenvalue weighted by Crippen LogP contribution is -2.17. The fourth-order valence-corrected chi connectivity index (χ4v) is 3.10. The summed E-state index contributed by atoms with van der Waals surface area (Å²) < 4.78 is 0. The Morgan fingerprint density at radius 3 is 2.54 bits per heavy atom. The summed E-state index contributed by atoms with van der Waals surface area (Å²) in [6, 6.07) is 18.3. The van der Waals surface area contributed by atoms with E-state index in [-0.39, 0.29) is 11.3 Å². The molecule has 3 N–H and O–H groups in total. The fraction of sp³-hybridized carbons (Fsp3) is 0. The molecule has 128 valence electrons. The molecule has 1 heterocycles. The topological polar surface area (TPSA) is 77.5 Å². The van der Waals surface area contributed by atoms with Crippen LogP contribution in [-0.4, -0.2) is 22.2 Å². The third kappa shape index (κ3) is 2.89. The lowest BCUT2D eigenvalue weighted by molar-refractivity contribution is 0.0952. The second-order valence-corrected chi connectivity index (χ2v) is 6.19. The smallest absolute Gasteiger partial charge is 0.275 e. The highest BCUT2D eigenvalue weighted by molar-refractivity contribution is 6.38. The Labute approximate surface area is 153 Å². The second-order valence-electron chi connectivity index (χ2n) is 5.81. The van der Waals surface area contributed by atoms with Crippen LogP contribution in [0.1, 0.15) is 16.1 Å². The largest absolute Gasteiger partial charge is 0.507 e. The maximum Gasteiger partial charge on any atom is 0.275 e. The number of hydrogen-bond donors (Lipinski definition) is 3. The number of halogens is 1. The maximum atomic E-state index is 12.3. The van der Waals surface area contributed by atoms with Gasteiger partial charge in [-0.1, -0.05) is 54.1 Å². The van der Waals surface area contributed by atoms with Crippen molar-refractivity contribution in [2.75, 3.05) is 0 Å². The van der Waals surface area contributed by atoms with E-state index in [0.717, 1.165) is 21.7 Å². The zero-order chi connectivity index (χ0) is 18.1. The van der Waals surface area contributed by atoms with E-state index in [0.29, 0.717) is 10.7 Å². The van der Waals surface area contributed by atoms with Crippen LogP contribution in [0.5, 0.6) is 5.75 Å². The summed E-state index contributed by atoms with van der Waals surface area (Å²) in [5.41, 5.74) is 4.05. The van der Waals surface area contributed by atoms with Gasteiger partial charge in [0.05, 0.1) is 22.5 Å². The van der Waals surface area contributed by atoms with Crippen molar-refractivity contribution in [2.45, 2.75) is 0 Å². The van der Waals surface area contributed by atoms with E-state index in [2.05, 4.69) is 15.5 Å². The van der Waals surface area contributed by atoms with Crippen molar-refractivity contribution in [2.24, 2.45) is 5.10 Å². The van der Waals surface area contributed by atoms with Crippen LogP contribution in [0.4, 0.5) is 0 Å². The molecule has 4 rings (SSSR count). The van der Waals surface area contributed by atoms with Crippen LogP contribution < -0.4 is 5.43 Å². The Hall–Kier alpha value is -3.31. The number of benzene rings is 3. The van der Waals surface area contributed by atoms with E-state index in [1.165, 1.54) is 6.21 Å². The Balaban J connectivity index is 1.57. The van der Waals surface area contributed by atoms with Crippen molar-refractivity contribution in [3.05, 3.63) is 76.9 Å². The summed E-state index contributed by atoms with van der Waals surface area (Å²) in [6.45, 7) is 0. The highest BCUT2D eigenvalue weighted by Gasteiger charge is 2.12. The van der Waals surface area contributed by atoms with Crippen LogP contribution in [0.25, 0.3) is 21.7 Å². The second kappa shape index (κ2) is 6.54. The lowest BCUT2D eigenvalue weighted by atomic mass is 10.1. The van der Waals surface area contributed by atoms with Gasteiger partial charge in [-0.05, 0) is 29.0 Å². The predicted octanol–water partition coefficient (Wildman–Crippen LogP) is 4.44. The minimum Gasteiger partial charge on any atom is -0.507 e. The number of amides is 1. The summed E-state index contributed by atoms with van der Waals surface area (Å²) in [5.74, 6) is -0.600. The molecule has 6 heteroatoms. The highest BCUT2D eigenvalue weighted by Crippen LogP contribution is 2.26. The molecule has 26 heavy (non-hydrogen) atoms. The van der Waals surface area contributed by atoms with Gasteiger partial charge in [-0.2, -0.15) is 5.10 Å². The number of carbonyl (C=O) groups excluding carboxylic acids is 1. The quantitative estimate of drug-likeness (QED) is 0.371. The Morgan fingerprint density at radius 1 is 1.08 bits per heavy atom. The number of aromatic amines is 1. The maximum absolute atomic E-state index is 12.3. The van der Waals surface area contributed by atoms with Gasteiger partial charge in [0.1, 0.15) is 5.75 Å². The molecule has 0 saturated carbocycles. The number of para-hydroxylation sites is 1. The van der Waals surface area contributed by atoms with Gasteiger partial charge < -0.3 is 10.1 Å². The van der Waals surface area contributed by atoms with Gasteiger partial charge in [0.15, 0.2) is 0 Å². The van der Waals surface area contributed by atoms with Crippen molar-refractivity contribution in [3.8, 4) is 5.75 Å². The van der Waals surface area contributed by atoms with Crippen LogP contribution in [0.15, 0.2) is 65.8 Å². The summed E-state index contributed by atoms with van der Waals surface area (Å²) >= 11 is 6.30. The van der Waals surface area contributed by atoms with Crippen LogP contribution in [-0.2, 0) is 0 Å². The molecule has 0 atom stereocenters. The number of aromatic nitrogens is 1. The summed E-state index contributed by atoms with van der Waals surface area (Å²) in [7, 11) is 0. The molecule has 4 aromatic rings. The summed E-state index contributed by atoms with van der Waals surface area (Å²) in [5, 5.41) is 17.2. The van der Waals surface area contributed by atoms with Crippen molar-refractivity contribution in [1.82, 2.24) is 10.4 Å². The first-order valence-electron chi connectivity index (χ1n) is 7.95. The Bertz CT molecular complexity index is 1160. The molecule has 0 aliphatic heterocycles. The van der Waals surface area contributed by atoms with Crippen LogP contribution in [0, 0.1) is 0 Å². The number of H-pyrrole nitrogens is 1. The Kier molecular flexibility index (Phi) is 4.07. The lowest BCUT2D eigenvalue weighted by Gasteiger charge is -2.05. The highest BCUT2D eigenvalue weighted by atomic mass is 35.5. The molecular weight excluding hydrogens is 350 g/mol. The number of nitrogens with zero attached hydrogens (tertiary/aromatic N) is 1. The van der Waals surface area contributed by atoms with E-state index < -0.39 is 5.91 Å². The van der Waals surface area contributed by atoms with Gasteiger partial charge in [-0.25, -0.2) is 5.43 Å².